The summed E-state index contributed by atoms with van der Waals surface area (Å²) in [6.07, 6.45) is -3.36. The number of hydrogen-bond acceptors (Lipinski definition) is 3. The molecule has 0 saturated carbocycles. The Labute approximate surface area is 124 Å². The molecule has 1 fully saturated rings. The first-order chi connectivity index (χ1) is 8.94. The molecule has 0 unspecified atom stereocenters. The van der Waals surface area contributed by atoms with Gasteiger partial charge in [-0.05, 0) is 49.7 Å². The summed E-state index contributed by atoms with van der Waals surface area (Å²) in [5.41, 5.74) is -1.61. The summed E-state index contributed by atoms with van der Waals surface area (Å²) in [4.78, 5) is 3.46. The van der Waals surface area contributed by atoms with Crippen molar-refractivity contribution in [2.75, 3.05) is 0 Å². The Balaban J connectivity index is 2.31. The van der Waals surface area contributed by atoms with E-state index in [2.05, 4.69) is 20.9 Å². The molecule has 2 heterocycles. The highest BCUT2D eigenvalue weighted by molar-refractivity contribution is 9.10. The lowest BCUT2D eigenvalue weighted by molar-refractivity contribution is -0.141. The lowest BCUT2D eigenvalue weighted by Gasteiger charge is -2.32. The van der Waals surface area contributed by atoms with Gasteiger partial charge in [0.25, 0.3) is 0 Å². The van der Waals surface area contributed by atoms with Crippen LogP contribution in [-0.2, 0) is 15.5 Å². The molecule has 0 spiro atoms. The smallest absolute Gasteiger partial charge is 0.399 e. The summed E-state index contributed by atoms with van der Waals surface area (Å²) < 4.78 is 49.4. The van der Waals surface area contributed by atoms with Crippen LogP contribution >= 0.6 is 15.9 Å². The topological polar surface area (TPSA) is 31.4 Å². The minimum absolute atomic E-state index is 0.128. The summed E-state index contributed by atoms with van der Waals surface area (Å²) in [6, 6.07) is 1.33. The molecule has 1 aliphatic rings. The highest BCUT2D eigenvalue weighted by Crippen LogP contribution is 2.37. The Morgan fingerprint density at radius 1 is 1.15 bits per heavy atom. The van der Waals surface area contributed by atoms with Crippen molar-refractivity contribution in [3.05, 3.63) is 22.4 Å². The fraction of sp³-hybridized carbons (Fsp3) is 0.583. The van der Waals surface area contributed by atoms with Crippen LogP contribution < -0.4 is 5.46 Å². The molecule has 0 bridgehead atoms. The summed E-state index contributed by atoms with van der Waals surface area (Å²) in [6.45, 7) is 7.50. The van der Waals surface area contributed by atoms with E-state index in [1.165, 1.54) is 6.07 Å². The van der Waals surface area contributed by atoms with Gasteiger partial charge in [-0.1, -0.05) is 0 Å². The second-order valence-electron chi connectivity index (χ2n) is 5.69. The minimum Gasteiger partial charge on any atom is -0.399 e. The molecule has 1 aromatic heterocycles. The Bertz CT molecular complexity index is 518. The number of nitrogens with zero attached hydrogens (tertiary/aromatic N) is 1. The quantitative estimate of drug-likeness (QED) is 0.728. The minimum atomic E-state index is -4.49. The van der Waals surface area contributed by atoms with E-state index in [9.17, 15) is 13.2 Å². The molecule has 0 aromatic carbocycles. The van der Waals surface area contributed by atoms with Crippen LogP contribution in [0.25, 0.3) is 0 Å². The van der Waals surface area contributed by atoms with Crippen LogP contribution in [0.5, 0.6) is 0 Å². The fourth-order valence-corrected chi connectivity index (χ4v) is 2.36. The van der Waals surface area contributed by atoms with Crippen LogP contribution in [0, 0.1) is 0 Å². The van der Waals surface area contributed by atoms with Crippen molar-refractivity contribution < 1.29 is 22.5 Å². The third kappa shape index (κ3) is 2.73. The molecule has 3 nitrogen and oxygen atoms in total. The third-order valence-corrected chi connectivity index (χ3v) is 4.26. The van der Waals surface area contributed by atoms with Crippen molar-refractivity contribution in [2.45, 2.75) is 45.1 Å². The van der Waals surface area contributed by atoms with Crippen molar-refractivity contribution in [1.29, 1.82) is 0 Å². The number of pyridine rings is 1. The van der Waals surface area contributed by atoms with Gasteiger partial charge in [-0.15, -0.1) is 0 Å². The Hall–Kier alpha value is -0.595. The van der Waals surface area contributed by atoms with Gasteiger partial charge < -0.3 is 9.31 Å². The van der Waals surface area contributed by atoms with E-state index in [-0.39, 0.29) is 4.47 Å². The van der Waals surface area contributed by atoms with Gasteiger partial charge >= 0.3 is 13.3 Å². The summed E-state index contributed by atoms with van der Waals surface area (Å²) in [7, 11) is -0.730. The molecule has 0 aliphatic carbocycles. The van der Waals surface area contributed by atoms with Crippen LogP contribution in [0.3, 0.4) is 0 Å². The van der Waals surface area contributed by atoms with Crippen molar-refractivity contribution >= 4 is 28.5 Å². The van der Waals surface area contributed by atoms with Crippen molar-refractivity contribution in [2.24, 2.45) is 0 Å². The largest absolute Gasteiger partial charge is 0.496 e. The molecule has 0 radical (unpaired) electrons. The second-order valence-corrected chi connectivity index (χ2v) is 6.54. The number of rotatable bonds is 1. The zero-order valence-corrected chi connectivity index (χ0v) is 13.1. The number of aromatic nitrogens is 1. The predicted octanol–water partition coefficient (Wildman–Crippen LogP) is 3.16. The first-order valence-corrected chi connectivity index (χ1v) is 6.82. The summed E-state index contributed by atoms with van der Waals surface area (Å²) in [5, 5.41) is 0. The van der Waals surface area contributed by atoms with Gasteiger partial charge in [0.15, 0.2) is 5.69 Å². The van der Waals surface area contributed by atoms with Gasteiger partial charge in [-0.2, -0.15) is 13.2 Å². The molecule has 1 aromatic rings. The van der Waals surface area contributed by atoms with Crippen molar-refractivity contribution in [3.63, 3.8) is 0 Å². The maximum atomic E-state index is 12.6. The predicted molar refractivity (Wildman–Crippen MR) is 72.7 cm³/mol. The van der Waals surface area contributed by atoms with Crippen molar-refractivity contribution in [3.8, 4) is 0 Å². The normalized spacial score (nSPS) is 21.3. The molecule has 0 N–H and O–H groups in total. The van der Waals surface area contributed by atoms with Crippen LogP contribution in [0.1, 0.15) is 33.4 Å². The van der Waals surface area contributed by atoms with E-state index >= 15 is 0 Å². The third-order valence-electron chi connectivity index (χ3n) is 3.66. The molecule has 2 rings (SSSR count). The molecule has 1 saturated heterocycles. The van der Waals surface area contributed by atoms with Crippen LogP contribution in [-0.4, -0.2) is 23.3 Å². The molecule has 0 atom stereocenters. The highest BCUT2D eigenvalue weighted by atomic mass is 79.9. The summed E-state index contributed by atoms with van der Waals surface area (Å²) in [5.74, 6) is 0. The SMILES string of the molecule is CC1(C)OB(c2cnc(C(F)(F)F)c(Br)c2)OC1(C)C. The van der Waals surface area contributed by atoms with E-state index in [0.29, 0.717) is 5.46 Å². The standard InChI is InChI=1S/C12H14BBrF3NO2/c1-10(2)11(3,4)20-13(19-10)7-5-8(14)9(18-6-7)12(15,16)17/h5-6H,1-4H3. The van der Waals surface area contributed by atoms with Crippen LogP contribution in [0.2, 0.25) is 0 Å². The molecule has 8 heteroatoms. The Morgan fingerprint density at radius 2 is 1.65 bits per heavy atom. The number of halogens is 4. The second kappa shape index (κ2) is 4.71. The van der Waals surface area contributed by atoms with E-state index in [1.54, 1.807) is 0 Å². The number of alkyl halides is 3. The summed E-state index contributed by atoms with van der Waals surface area (Å²) >= 11 is 2.89. The maximum absolute atomic E-state index is 12.6. The molecule has 110 valence electrons. The average molecular weight is 352 g/mol. The molecule has 20 heavy (non-hydrogen) atoms. The Morgan fingerprint density at radius 3 is 2.05 bits per heavy atom. The molecule has 1 aliphatic heterocycles. The molecule has 0 amide bonds. The zero-order valence-electron chi connectivity index (χ0n) is 11.5. The van der Waals surface area contributed by atoms with Gasteiger partial charge in [-0.25, -0.2) is 0 Å². The molecular weight excluding hydrogens is 338 g/mol. The van der Waals surface area contributed by atoms with E-state index < -0.39 is 30.2 Å². The monoisotopic (exact) mass is 351 g/mol. The van der Waals surface area contributed by atoms with Crippen molar-refractivity contribution in [1.82, 2.24) is 4.98 Å². The average Bonchev–Trinajstić information content (AvgIpc) is 2.46. The van der Waals surface area contributed by atoms with Gasteiger partial charge in [0, 0.05) is 16.1 Å². The fourth-order valence-electron chi connectivity index (χ4n) is 1.77. The van der Waals surface area contributed by atoms with Crippen LogP contribution in [0.15, 0.2) is 16.7 Å². The maximum Gasteiger partial charge on any atom is 0.496 e. The van der Waals surface area contributed by atoms with E-state index in [1.807, 2.05) is 27.7 Å². The lowest BCUT2D eigenvalue weighted by atomic mass is 9.80. The van der Waals surface area contributed by atoms with E-state index in [4.69, 9.17) is 9.31 Å². The first kappa shape index (κ1) is 15.8. The highest BCUT2D eigenvalue weighted by Gasteiger charge is 2.52. The number of hydrogen-bond donors (Lipinski definition) is 0. The Kier molecular flexibility index (Phi) is 3.72. The van der Waals surface area contributed by atoms with Crippen LogP contribution in [0.4, 0.5) is 13.2 Å². The zero-order chi connectivity index (χ0) is 15.3. The first-order valence-electron chi connectivity index (χ1n) is 6.02. The molecular formula is C12H14BBrF3NO2. The van der Waals surface area contributed by atoms with Gasteiger partial charge in [0.1, 0.15) is 0 Å². The van der Waals surface area contributed by atoms with Gasteiger partial charge in [-0.3, -0.25) is 4.98 Å². The lowest BCUT2D eigenvalue weighted by Crippen LogP contribution is -2.41. The van der Waals surface area contributed by atoms with E-state index in [0.717, 1.165) is 6.20 Å². The van der Waals surface area contributed by atoms with Gasteiger partial charge in [0.05, 0.1) is 11.2 Å². The van der Waals surface area contributed by atoms with Gasteiger partial charge in [0.2, 0.25) is 0 Å².